The maximum absolute atomic E-state index is 11.7. The number of ether oxygens (including phenoxy) is 1. The molecular formula is C17H21IN6O2. The number of imidazole rings is 1. The van der Waals surface area contributed by atoms with Gasteiger partial charge in [0.15, 0.2) is 22.7 Å². The second kappa shape index (κ2) is 8.30. The average molecular weight is 468 g/mol. The predicted octanol–water partition coefficient (Wildman–Crippen LogP) is -1.97. The molecule has 2 heterocycles. The fourth-order valence-corrected chi connectivity index (χ4v) is 3.01. The van der Waals surface area contributed by atoms with Gasteiger partial charge in [-0.25, -0.2) is 19.1 Å². The van der Waals surface area contributed by atoms with Gasteiger partial charge in [0.1, 0.15) is 12.3 Å². The van der Waals surface area contributed by atoms with Crippen molar-refractivity contribution in [1.82, 2.24) is 14.5 Å². The first-order valence-corrected chi connectivity index (χ1v) is 7.94. The SMILES string of the molecule is CCn1c(CN(C=O)c2nccnc2N)[n+](C)c2ccc(OC)cc21.[I-]. The first kappa shape index (κ1) is 19.9. The summed E-state index contributed by atoms with van der Waals surface area (Å²) in [5.74, 6) is 2.31. The molecular weight excluding hydrogens is 447 g/mol. The first-order chi connectivity index (χ1) is 12.1. The Bertz CT molecular complexity index is 927. The fourth-order valence-electron chi connectivity index (χ4n) is 3.01. The summed E-state index contributed by atoms with van der Waals surface area (Å²) in [6, 6.07) is 5.92. The number of methoxy groups -OCH3 is 1. The summed E-state index contributed by atoms with van der Waals surface area (Å²) >= 11 is 0. The van der Waals surface area contributed by atoms with Crippen LogP contribution >= 0.6 is 0 Å². The van der Waals surface area contributed by atoms with Crippen LogP contribution in [-0.2, 0) is 24.9 Å². The number of fused-ring (bicyclic) bond motifs is 1. The van der Waals surface area contributed by atoms with E-state index in [1.54, 1.807) is 7.11 Å². The van der Waals surface area contributed by atoms with Crippen molar-refractivity contribution in [3.05, 3.63) is 36.4 Å². The van der Waals surface area contributed by atoms with E-state index >= 15 is 0 Å². The number of halogens is 1. The second-order valence-electron chi connectivity index (χ2n) is 5.57. The van der Waals surface area contributed by atoms with E-state index in [2.05, 4.69) is 26.0 Å². The zero-order valence-electron chi connectivity index (χ0n) is 14.9. The molecule has 0 saturated carbocycles. The number of hydrogen-bond donors (Lipinski definition) is 1. The summed E-state index contributed by atoms with van der Waals surface area (Å²) in [4.78, 5) is 21.3. The van der Waals surface area contributed by atoms with Gasteiger partial charge in [-0.2, -0.15) is 0 Å². The van der Waals surface area contributed by atoms with Crippen molar-refractivity contribution in [2.45, 2.75) is 20.0 Å². The lowest BCUT2D eigenvalue weighted by atomic mass is 10.3. The molecule has 0 aliphatic heterocycles. The Kier molecular flexibility index (Phi) is 6.35. The molecule has 0 saturated heterocycles. The second-order valence-corrected chi connectivity index (χ2v) is 5.57. The normalized spacial score (nSPS) is 10.4. The molecule has 0 spiro atoms. The molecule has 0 bridgehead atoms. The lowest BCUT2D eigenvalue weighted by Gasteiger charge is -2.15. The summed E-state index contributed by atoms with van der Waals surface area (Å²) < 4.78 is 9.53. The summed E-state index contributed by atoms with van der Waals surface area (Å²) in [5.41, 5.74) is 7.96. The van der Waals surface area contributed by atoms with Crippen LogP contribution in [0, 0.1) is 0 Å². The number of benzene rings is 1. The molecule has 3 rings (SSSR count). The molecule has 0 atom stereocenters. The van der Waals surface area contributed by atoms with Gasteiger partial charge < -0.3 is 34.4 Å². The smallest absolute Gasteiger partial charge is 0.277 e. The van der Waals surface area contributed by atoms with Crippen LogP contribution in [0.25, 0.3) is 11.0 Å². The minimum atomic E-state index is 0. The monoisotopic (exact) mass is 468 g/mol. The summed E-state index contributed by atoms with van der Waals surface area (Å²) in [6.07, 6.45) is 3.73. The highest BCUT2D eigenvalue weighted by molar-refractivity contribution is 5.78. The van der Waals surface area contributed by atoms with E-state index in [-0.39, 0.29) is 29.8 Å². The topological polar surface area (TPSA) is 90.2 Å². The van der Waals surface area contributed by atoms with Crippen molar-refractivity contribution in [2.75, 3.05) is 17.7 Å². The van der Waals surface area contributed by atoms with Crippen LogP contribution in [0.15, 0.2) is 30.6 Å². The number of aromatic nitrogens is 4. The highest BCUT2D eigenvalue weighted by Crippen LogP contribution is 2.23. The molecule has 9 heteroatoms. The van der Waals surface area contributed by atoms with Crippen LogP contribution in [0.3, 0.4) is 0 Å². The third kappa shape index (κ3) is 3.43. The number of hydrogen-bond acceptors (Lipinski definition) is 5. The molecule has 2 aromatic heterocycles. The van der Waals surface area contributed by atoms with E-state index in [1.807, 2.05) is 25.2 Å². The minimum Gasteiger partial charge on any atom is -1.00 e. The van der Waals surface area contributed by atoms with Gasteiger partial charge in [-0.1, -0.05) is 0 Å². The van der Waals surface area contributed by atoms with E-state index in [4.69, 9.17) is 10.5 Å². The number of rotatable bonds is 6. The number of nitrogens with zero attached hydrogens (tertiary/aromatic N) is 5. The molecule has 1 aromatic carbocycles. The predicted molar refractivity (Wildman–Crippen MR) is 94.0 cm³/mol. The largest absolute Gasteiger partial charge is 1.00 e. The third-order valence-electron chi connectivity index (χ3n) is 4.27. The van der Waals surface area contributed by atoms with E-state index in [1.165, 1.54) is 17.3 Å². The lowest BCUT2D eigenvalue weighted by Crippen LogP contribution is -3.00. The number of amides is 1. The summed E-state index contributed by atoms with van der Waals surface area (Å²) in [6.45, 7) is 3.14. The number of nitrogen functional groups attached to an aromatic ring is 1. The number of carbonyl (C=O) groups is 1. The molecule has 1 amide bonds. The van der Waals surface area contributed by atoms with Gasteiger partial charge in [-0.05, 0) is 19.1 Å². The van der Waals surface area contributed by atoms with Crippen LogP contribution in [0.2, 0.25) is 0 Å². The molecule has 26 heavy (non-hydrogen) atoms. The number of anilines is 2. The number of carbonyl (C=O) groups excluding carboxylic acids is 1. The molecule has 8 nitrogen and oxygen atoms in total. The van der Waals surface area contributed by atoms with Gasteiger partial charge in [0.2, 0.25) is 6.41 Å². The van der Waals surface area contributed by atoms with Crippen LogP contribution < -0.4 is 43.9 Å². The Morgan fingerprint density at radius 2 is 2.08 bits per heavy atom. The quantitative estimate of drug-likeness (QED) is 0.258. The van der Waals surface area contributed by atoms with E-state index in [9.17, 15) is 4.79 Å². The Hall–Kier alpha value is -2.43. The molecule has 2 N–H and O–H groups in total. The van der Waals surface area contributed by atoms with Gasteiger partial charge in [-0.3, -0.25) is 9.69 Å². The Morgan fingerprint density at radius 1 is 1.35 bits per heavy atom. The van der Waals surface area contributed by atoms with Crippen LogP contribution in [-0.4, -0.2) is 28.1 Å². The molecule has 0 aliphatic carbocycles. The van der Waals surface area contributed by atoms with Gasteiger partial charge >= 0.3 is 0 Å². The highest BCUT2D eigenvalue weighted by Gasteiger charge is 2.25. The zero-order valence-corrected chi connectivity index (χ0v) is 17.0. The number of nitrogens with two attached hydrogens (primary N) is 1. The van der Waals surface area contributed by atoms with Crippen molar-refractivity contribution >= 4 is 29.1 Å². The van der Waals surface area contributed by atoms with Crippen molar-refractivity contribution in [1.29, 1.82) is 0 Å². The summed E-state index contributed by atoms with van der Waals surface area (Å²) in [5, 5.41) is 0. The molecule has 138 valence electrons. The van der Waals surface area contributed by atoms with Crippen molar-refractivity contribution in [2.24, 2.45) is 7.05 Å². The zero-order chi connectivity index (χ0) is 18.0. The molecule has 3 aromatic rings. The maximum Gasteiger partial charge on any atom is 0.277 e. The van der Waals surface area contributed by atoms with Crippen molar-refractivity contribution in [3.8, 4) is 5.75 Å². The maximum atomic E-state index is 11.7. The molecule has 0 radical (unpaired) electrons. The fraction of sp³-hybridized carbons (Fsp3) is 0.294. The van der Waals surface area contributed by atoms with E-state index < -0.39 is 0 Å². The van der Waals surface area contributed by atoms with Gasteiger partial charge in [-0.15, -0.1) is 0 Å². The Labute approximate surface area is 168 Å². The standard InChI is InChI=1S/C17H21N6O2.HI/c1-4-23-14-9-12(25-3)5-6-13(14)21(2)15(23)10-22(11-24)17-16(18)19-7-8-20-17;/h5-9,11H,4,10H2,1-3H3,(H2,18,19);1H/q+1;/p-1. The van der Waals surface area contributed by atoms with E-state index in [0.29, 0.717) is 12.4 Å². The highest BCUT2D eigenvalue weighted by atomic mass is 127. The Morgan fingerprint density at radius 3 is 2.69 bits per heavy atom. The molecule has 0 fully saturated rings. The number of aryl methyl sites for hydroxylation is 2. The molecule has 0 aliphatic rings. The van der Waals surface area contributed by atoms with Crippen LogP contribution in [0.5, 0.6) is 5.75 Å². The van der Waals surface area contributed by atoms with Crippen molar-refractivity contribution < 1.29 is 38.1 Å². The van der Waals surface area contributed by atoms with Crippen LogP contribution in [0.1, 0.15) is 12.7 Å². The van der Waals surface area contributed by atoms with E-state index in [0.717, 1.165) is 35.6 Å². The van der Waals surface area contributed by atoms with Crippen molar-refractivity contribution in [3.63, 3.8) is 0 Å². The molecule has 0 unspecified atom stereocenters. The first-order valence-electron chi connectivity index (χ1n) is 7.94. The van der Waals surface area contributed by atoms with Gasteiger partial charge in [0.05, 0.1) is 20.7 Å². The van der Waals surface area contributed by atoms with Crippen LogP contribution in [0.4, 0.5) is 11.6 Å². The minimum absolute atomic E-state index is 0. The lowest BCUT2D eigenvalue weighted by molar-refractivity contribution is -0.653. The Balaban J connectivity index is 0.00000243. The average Bonchev–Trinajstić information content (AvgIpc) is 2.91. The third-order valence-corrected chi connectivity index (χ3v) is 4.27. The van der Waals surface area contributed by atoms with Gasteiger partial charge in [0, 0.05) is 18.5 Å². The summed E-state index contributed by atoms with van der Waals surface area (Å²) in [7, 11) is 3.62. The van der Waals surface area contributed by atoms with Gasteiger partial charge in [0.25, 0.3) is 5.82 Å².